The smallest absolute Gasteiger partial charge is 0.228 e. The second-order valence-corrected chi connectivity index (χ2v) is 10.1. The zero-order chi connectivity index (χ0) is 22.7. The van der Waals surface area contributed by atoms with E-state index in [1.54, 1.807) is 0 Å². The van der Waals surface area contributed by atoms with Gasteiger partial charge in [0.2, 0.25) is 9.70 Å². The van der Waals surface area contributed by atoms with Gasteiger partial charge in [0.25, 0.3) is 0 Å². The van der Waals surface area contributed by atoms with Crippen molar-refractivity contribution in [3.05, 3.63) is 65.7 Å². The molecule has 31 heavy (non-hydrogen) atoms. The molecule has 1 atom stereocenters. The highest BCUT2D eigenvalue weighted by atomic mass is 35.6. The normalized spacial score (nSPS) is 12.1. The first-order valence-corrected chi connectivity index (χ1v) is 11.9. The first-order valence-electron chi connectivity index (χ1n) is 10.3. The fourth-order valence-corrected chi connectivity index (χ4v) is 3.56. The standard InChI is InChI=1S/C23H28Cl3N3OS/c1-2-3-4-6-9-17-12-14-19(15-13-17)27-22(31)29-21(23(24,25)26)28-20(30)16-18-10-7-5-8-11-18/h5,7-8,10-15,21H,2-4,6,9,16H2,1H3,(H,28,30)(H2,27,29,31)/t21-/m1/s1. The molecular formula is C23H28Cl3N3OS. The number of amides is 1. The monoisotopic (exact) mass is 499 g/mol. The lowest BCUT2D eigenvalue weighted by molar-refractivity contribution is -0.121. The topological polar surface area (TPSA) is 53.2 Å². The third-order valence-electron chi connectivity index (χ3n) is 4.65. The molecule has 0 aliphatic rings. The summed E-state index contributed by atoms with van der Waals surface area (Å²) in [6.07, 6.45) is 5.17. The van der Waals surface area contributed by atoms with Crippen molar-refractivity contribution in [2.75, 3.05) is 5.32 Å². The summed E-state index contributed by atoms with van der Waals surface area (Å²) in [5.41, 5.74) is 2.96. The largest absolute Gasteiger partial charge is 0.339 e. The summed E-state index contributed by atoms with van der Waals surface area (Å²) in [5, 5.41) is 8.88. The number of carbonyl (C=O) groups excluding carboxylic acids is 1. The van der Waals surface area contributed by atoms with Gasteiger partial charge in [0, 0.05) is 5.69 Å². The molecule has 0 heterocycles. The fraction of sp³-hybridized carbons (Fsp3) is 0.391. The molecular weight excluding hydrogens is 473 g/mol. The van der Waals surface area contributed by atoms with Crippen molar-refractivity contribution in [2.45, 2.75) is 55.4 Å². The molecule has 2 aromatic rings. The molecule has 0 saturated carbocycles. The van der Waals surface area contributed by atoms with Crippen LogP contribution < -0.4 is 16.0 Å². The molecule has 2 aromatic carbocycles. The lowest BCUT2D eigenvalue weighted by Crippen LogP contribution is -2.56. The van der Waals surface area contributed by atoms with Gasteiger partial charge < -0.3 is 16.0 Å². The average molecular weight is 501 g/mol. The number of thiocarbonyl (C=S) groups is 1. The molecule has 0 fully saturated rings. The lowest BCUT2D eigenvalue weighted by atomic mass is 10.1. The van der Waals surface area contributed by atoms with Crippen LogP contribution in [0.1, 0.15) is 43.7 Å². The average Bonchev–Trinajstić information content (AvgIpc) is 2.72. The Balaban J connectivity index is 1.88. The van der Waals surface area contributed by atoms with Crippen molar-refractivity contribution in [3.63, 3.8) is 0 Å². The van der Waals surface area contributed by atoms with Crippen LogP contribution in [0.4, 0.5) is 5.69 Å². The van der Waals surface area contributed by atoms with Crippen LogP contribution in [0.2, 0.25) is 0 Å². The van der Waals surface area contributed by atoms with E-state index in [1.165, 1.54) is 31.2 Å². The molecule has 0 radical (unpaired) electrons. The van der Waals surface area contributed by atoms with E-state index in [0.29, 0.717) is 0 Å². The Bertz CT molecular complexity index is 826. The van der Waals surface area contributed by atoms with Gasteiger partial charge in [0.15, 0.2) is 5.11 Å². The summed E-state index contributed by atoms with van der Waals surface area (Å²) in [6.45, 7) is 2.21. The van der Waals surface area contributed by atoms with Crippen molar-refractivity contribution in [1.29, 1.82) is 0 Å². The maximum Gasteiger partial charge on any atom is 0.228 e. The Hall–Kier alpha value is -1.53. The van der Waals surface area contributed by atoms with E-state index in [9.17, 15) is 4.79 Å². The van der Waals surface area contributed by atoms with E-state index in [0.717, 1.165) is 17.7 Å². The number of halogens is 3. The Morgan fingerprint density at radius 3 is 2.23 bits per heavy atom. The van der Waals surface area contributed by atoms with E-state index < -0.39 is 9.96 Å². The Labute approximate surface area is 205 Å². The van der Waals surface area contributed by atoms with Gasteiger partial charge in [-0.1, -0.05) is 103 Å². The number of rotatable bonds is 10. The van der Waals surface area contributed by atoms with Gasteiger partial charge in [-0.05, 0) is 48.3 Å². The predicted octanol–water partition coefficient (Wildman–Crippen LogP) is 6.15. The van der Waals surface area contributed by atoms with Crippen LogP contribution in [0.5, 0.6) is 0 Å². The Morgan fingerprint density at radius 1 is 0.935 bits per heavy atom. The van der Waals surface area contributed by atoms with Crippen LogP contribution in [0.3, 0.4) is 0 Å². The molecule has 0 aliphatic heterocycles. The summed E-state index contributed by atoms with van der Waals surface area (Å²) >= 11 is 23.5. The number of anilines is 1. The van der Waals surface area contributed by atoms with Crippen LogP contribution in [0.25, 0.3) is 0 Å². The molecule has 0 bridgehead atoms. The highest BCUT2D eigenvalue weighted by molar-refractivity contribution is 7.80. The van der Waals surface area contributed by atoms with Crippen LogP contribution >= 0.6 is 47.0 Å². The second kappa shape index (κ2) is 13.1. The molecule has 0 unspecified atom stereocenters. The summed E-state index contributed by atoms with van der Waals surface area (Å²) in [4.78, 5) is 12.4. The van der Waals surface area contributed by atoms with Gasteiger partial charge in [0.05, 0.1) is 6.42 Å². The summed E-state index contributed by atoms with van der Waals surface area (Å²) in [5.74, 6) is -0.287. The van der Waals surface area contributed by atoms with Crippen LogP contribution in [-0.2, 0) is 17.6 Å². The van der Waals surface area contributed by atoms with E-state index in [-0.39, 0.29) is 17.4 Å². The number of benzene rings is 2. The molecule has 2 rings (SSSR count). The molecule has 0 aromatic heterocycles. The first-order chi connectivity index (χ1) is 14.8. The Kier molecular flexibility index (Phi) is 10.9. The third kappa shape index (κ3) is 10.1. The number of hydrogen-bond acceptors (Lipinski definition) is 2. The number of nitrogens with one attached hydrogen (secondary N) is 3. The minimum atomic E-state index is -1.79. The first kappa shape index (κ1) is 25.7. The zero-order valence-electron chi connectivity index (χ0n) is 17.5. The van der Waals surface area contributed by atoms with E-state index >= 15 is 0 Å². The third-order valence-corrected chi connectivity index (χ3v) is 5.52. The van der Waals surface area contributed by atoms with Gasteiger partial charge in [-0.2, -0.15) is 0 Å². The zero-order valence-corrected chi connectivity index (χ0v) is 20.6. The predicted molar refractivity (Wildman–Crippen MR) is 136 cm³/mol. The van der Waals surface area contributed by atoms with Crippen molar-refractivity contribution in [2.24, 2.45) is 0 Å². The van der Waals surface area contributed by atoms with Gasteiger partial charge >= 0.3 is 0 Å². The molecule has 168 valence electrons. The fourth-order valence-electron chi connectivity index (χ4n) is 3.00. The molecule has 0 aliphatic carbocycles. The van der Waals surface area contributed by atoms with Crippen molar-refractivity contribution in [3.8, 4) is 0 Å². The molecule has 0 saturated heterocycles. The van der Waals surface area contributed by atoms with Crippen LogP contribution in [0, 0.1) is 0 Å². The SMILES string of the molecule is CCCCCCc1ccc(NC(=S)N[C@@H](NC(=O)Cc2ccccc2)C(Cl)(Cl)Cl)cc1. The van der Waals surface area contributed by atoms with Crippen molar-refractivity contribution in [1.82, 2.24) is 10.6 Å². The minimum absolute atomic E-state index is 0.166. The number of unbranched alkanes of at least 4 members (excludes halogenated alkanes) is 3. The quantitative estimate of drug-likeness (QED) is 0.158. The summed E-state index contributed by atoms with van der Waals surface area (Å²) < 4.78 is -1.79. The summed E-state index contributed by atoms with van der Waals surface area (Å²) in [7, 11) is 0. The van der Waals surface area contributed by atoms with Crippen LogP contribution in [0.15, 0.2) is 54.6 Å². The lowest BCUT2D eigenvalue weighted by Gasteiger charge is -2.27. The number of carbonyl (C=O) groups is 1. The van der Waals surface area contributed by atoms with Gasteiger partial charge in [-0.15, -0.1) is 0 Å². The van der Waals surface area contributed by atoms with E-state index in [4.69, 9.17) is 47.0 Å². The molecule has 4 nitrogen and oxygen atoms in total. The van der Waals surface area contributed by atoms with Crippen molar-refractivity contribution < 1.29 is 4.79 Å². The van der Waals surface area contributed by atoms with Crippen molar-refractivity contribution >= 4 is 63.7 Å². The van der Waals surface area contributed by atoms with Gasteiger partial charge in [0.1, 0.15) is 6.17 Å². The highest BCUT2D eigenvalue weighted by Gasteiger charge is 2.34. The number of alkyl halides is 3. The second-order valence-electron chi connectivity index (χ2n) is 7.31. The maximum atomic E-state index is 12.4. The van der Waals surface area contributed by atoms with E-state index in [2.05, 4.69) is 35.0 Å². The van der Waals surface area contributed by atoms with Crippen LogP contribution in [-0.4, -0.2) is 21.0 Å². The number of hydrogen-bond donors (Lipinski definition) is 3. The number of aryl methyl sites for hydroxylation is 1. The highest BCUT2D eigenvalue weighted by Crippen LogP contribution is 2.29. The van der Waals surface area contributed by atoms with Gasteiger partial charge in [-0.3, -0.25) is 4.79 Å². The maximum absolute atomic E-state index is 12.4. The molecule has 1 amide bonds. The molecule has 0 spiro atoms. The summed E-state index contributed by atoms with van der Waals surface area (Å²) in [6, 6.07) is 17.4. The molecule has 3 N–H and O–H groups in total. The molecule has 8 heteroatoms. The minimum Gasteiger partial charge on any atom is -0.339 e. The Morgan fingerprint density at radius 2 is 1.61 bits per heavy atom. The van der Waals surface area contributed by atoms with Gasteiger partial charge in [-0.25, -0.2) is 0 Å². The van der Waals surface area contributed by atoms with E-state index in [1.807, 2.05) is 42.5 Å².